The summed E-state index contributed by atoms with van der Waals surface area (Å²) in [5, 5.41) is 4.87. The molecular weight excluding hydrogens is 380 g/mol. The quantitative estimate of drug-likeness (QED) is 0.787. The number of carbonyl (C=O) groups excluding carboxylic acids is 1. The second kappa shape index (κ2) is 7.13. The summed E-state index contributed by atoms with van der Waals surface area (Å²) in [5.74, 6) is 0.189. The summed E-state index contributed by atoms with van der Waals surface area (Å²) in [4.78, 5) is 19.4. The van der Waals surface area contributed by atoms with E-state index in [-0.39, 0.29) is 24.2 Å². The third kappa shape index (κ3) is 3.02. The second-order valence-electron chi connectivity index (χ2n) is 7.93. The highest BCUT2D eigenvalue weighted by Gasteiger charge is 2.50. The smallest absolute Gasteiger partial charge is 0.233 e. The molecule has 2 saturated heterocycles. The summed E-state index contributed by atoms with van der Waals surface area (Å²) in [6.07, 6.45) is 5.84. The highest BCUT2D eigenvalue weighted by molar-refractivity contribution is 6.30. The fraction of sp³-hybridized carbons (Fsp3) is 0.550. The van der Waals surface area contributed by atoms with Crippen LogP contribution in [0.3, 0.4) is 0 Å². The number of benzene rings is 1. The molecule has 3 heterocycles. The van der Waals surface area contributed by atoms with Crippen LogP contribution in [-0.2, 0) is 19.7 Å². The molecule has 0 N–H and O–H groups in total. The Hall–Kier alpha value is -1.96. The SMILES string of the molecule is O=C(N1C[C@@H]2OCC(n3cncn3)CO[C@H]2C1)C1(c2ccc(Cl)cc2)CCC1. The van der Waals surface area contributed by atoms with Crippen LogP contribution in [0.25, 0.3) is 0 Å². The fourth-order valence-electron chi connectivity index (χ4n) is 4.53. The standard InChI is InChI=1S/C20H23ClN4O3/c21-15-4-2-14(3-5-15)20(6-1-7-20)19(26)24-8-17-18(9-24)28-11-16(10-27-17)25-13-22-12-23-25/h2-5,12-13,16-18H,1,6-11H2/t17-,18-/m0/s1. The van der Waals surface area contributed by atoms with Gasteiger partial charge in [0.15, 0.2) is 0 Å². The van der Waals surface area contributed by atoms with Gasteiger partial charge in [-0.05, 0) is 30.5 Å². The van der Waals surface area contributed by atoms with E-state index in [1.54, 1.807) is 11.0 Å². The van der Waals surface area contributed by atoms with Crippen molar-refractivity contribution in [2.45, 2.75) is 42.9 Å². The summed E-state index contributed by atoms with van der Waals surface area (Å²) in [7, 11) is 0. The molecular formula is C20H23ClN4O3. The Morgan fingerprint density at radius 1 is 1.11 bits per heavy atom. The van der Waals surface area contributed by atoms with Crippen LogP contribution in [0, 0.1) is 0 Å². The maximum atomic E-state index is 13.5. The molecule has 1 aliphatic carbocycles. The normalized spacial score (nSPS) is 27.1. The number of nitrogens with zero attached hydrogens (tertiary/aromatic N) is 4. The molecule has 1 amide bonds. The van der Waals surface area contributed by atoms with E-state index >= 15 is 0 Å². The van der Waals surface area contributed by atoms with E-state index in [1.165, 1.54) is 6.33 Å². The van der Waals surface area contributed by atoms with Gasteiger partial charge in [0.1, 0.15) is 30.9 Å². The molecule has 5 rings (SSSR count). The average Bonchev–Trinajstić information content (AvgIpc) is 3.29. The average molecular weight is 403 g/mol. The van der Waals surface area contributed by atoms with Crippen LogP contribution in [0.15, 0.2) is 36.9 Å². The lowest BCUT2D eigenvalue weighted by molar-refractivity contribution is -0.140. The molecule has 3 aliphatic rings. The third-order valence-corrected chi connectivity index (χ3v) is 6.58. The van der Waals surface area contributed by atoms with E-state index in [0.29, 0.717) is 31.3 Å². The number of hydrogen-bond acceptors (Lipinski definition) is 5. The van der Waals surface area contributed by atoms with Crippen LogP contribution in [0.1, 0.15) is 30.9 Å². The summed E-state index contributed by atoms with van der Waals surface area (Å²) in [6.45, 7) is 2.16. The second-order valence-corrected chi connectivity index (χ2v) is 8.36. The van der Waals surface area contributed by atoms with Gasteiger partial charge in [0.05, 0.1) is 18.6 Å². The largest absolute Gasteiger partial charge is 0.371 e. The number of halogens is 1. The fourth-order valence-corrected chi connectivity index (χ4v) is 4.66. The number of hydrogen-bond donors (Lipinski definition) is 0. The van der Waals surface area contributed by atoms with E-state index in [4.69, 9.17) is 21.1 Å². The van der Waals surface area contributed by atoms with Crippen molar-refractivity contribution in [2.75, 3.05) is 26.3 Å². The van der Waals surface area contributed by atoms with Gasteiger partial charge in [-0.2, -0.15) is 5.10 Å². The Labute approximate surface area is 168 Å². The Morgan fingerprint density at radius 3 is 2.32 bits per heavy atom. The minimum Gasteiger partial charge on any atom is -0.371 e. The van der Waals surface area contributed by atoms with Crippen LogP contribution >= 0.6 is 11.6 Å². The summed E-state index contributed by atoms with van der Waals surface area (Å²) < 4.78 is 14.0. The van der Waals surface area contributed by atoms with Crippen molar-refractivity contribution in [2.24, 2.45) is 0 Å². The van der Waals surface area contributed by atoms with Crippen LogP contribution in [0.4, 0.5) is 0 Å². The number of ether oxygens (including phenoxy) is 2. The Balaban J connectivity index is 1.28. The predicted octanol–water partition coefficient (Wildman–Crippen LogP) is 2.22. The Bertz CT molecular complexity index is 822. The van der Waals surface area contributed by atoms with E-state index in [0.717, 1.165) is 24.8 Å². The van der Waals surface area contributed by atoms with Crippen LogP contribution in [-0.4, -0.2) is 64.1 Å². The topological polar surface area (TPSA) is 69.5 Å². The number of amides is 1. The molecule has 1 aromatic carbocycles. The van der Waals surface area contributed by atoms with Crippen molar-refractivity contribution < 1.29 is 14.3 Å². The minimum atomic E-state index is -0.419. The van der Waals surface area contributed by atoms with Crippen molar-refractivity contribution in [3.05, 3.63) is 47.5 Å². The molecule has 28 heavy (non-hydrogen) atoms. The van der Waals surface area contributed by atoms with Gasteiger partial charge in [0, 0.05) is 18.1 Å². The Morgan fingerprint density at radius 2 is 1.79 bits per heavy atom. The molecule has 0 radical (unpaired) electrons. The number of fused-ring (bicyclic) bond motifs is 1. The van der Waals surface area contributed by atoms with Gasteiger partial charge in [-0.25, -0.2) is 9.67 Å². The summed E-state index contributed by atoms with van der Waals surface area (Å²) >= 11 is 6.04. The molecule has 148 valence electrons. The van der Waals surface area contributed by atoms with Crippen molar-refractivity contribution in [1.29, 1.82) is 0 Å². The lowest BCUT2D eigenvalue weighted by Gasteiger charge is -2.43. The van der Waals surface area contributed by atoms with Gasteiger partial charge in [-0.1, -0.05) is 30.2 Å². The molecule has 1 saturated carbocycles. The Kier molecular flexibility index (Phi) is 4.61. The lowest BCUT2D eigenvalue weighted by atomic mass is 9.63. The number of likely N-dealkylation sites (tertiary alicyclic amines) is 1. The summed E-state index contributed by atoms with van der Waals surface area (Å²) in [5.41, 5.74) is 0.644. The molecule has 2 atom stereocenters. The van der Waals surface area contributed by atoms with Crippen molar-refractivity contribution in [3.63, 3.8) is 0 Å². The molecule has 2 aromatic rings. The zero-order valence-electron chi connectivity index (χ0n) is 15.5. The van der Waals surface area contributed by atoms with Gasteiger partial charge in [0.2, 0.25) is 5.91 Å². The van der Waals surface area contributed by atoms with E-state index in [2.05, 4.69) is 10.1 Å². The van der Waals surface area contributed by atoms with Gasteiger partial charge < -0.3 is 14.4 Å². The minimum absolute atomic E-state index is 0.0179. The van der Waals surface area contributed by atoms with Crippen LogP contribution < -0.4 is 0 Å². The molecule has 1 aromatic heterocycles. The molecule has 3 fully saturated rings. The number of aromatic nitrogens is 3. The lowest BCUT2D eigenvalue weighted by Crippen LogP contribution is -2.50. The molecule has 0 unspecified atom stereocenters. The van der Waals surface area contributed by atoms with E-state index in [1.807, 2.05) is 29.2 Å². The van der Waals surface area contributed by atoms with Crippen molar-refractivity contribution in [1.82, 2.24) is 19.7 Å². The highest BCUT2D eigenvalue weighted by Crippen LogP contribution is 2.46. The predicted molar refractivity (Wildman–Crippen MR) is 102 cm³/mol. The van der Waals surface area contributed by atoms with Gasteiger partial charge >= 0.3 is 0 Å². The monoisotopic (exact) mass is 402 g/mol. The molecule has 0 bridgehead atoms. The highest BCUT2D eigenvalue weighted by atomic mass is 35.5. The zero-order valence-corrected chi connectivity index (χ0v) is 16.3. The molecule has 0 spiro atoms. The van der Waals surface area contributed by atoms with Gasteiger partial charge in [0.25, 0.3) is 0 Å². The molecule has 7 nitrogen and oxygen atoms in total. The van der Waals surface area contributed by atoms with Gasteiger partial charge in [-0.3, -0.25) is 4.79 Å². The number of rotatable bonds is 3. The summed E-state index contributed by atoms with van der Waals surface area (Å²) in [6, 6.07) is 7.74. The van der Waals surface area contributed by atoms with Crippen molar-refractivity contribution >= 4 is 17.5 Å². The molecule has 8 heteroatoms. The van der Waals surface area contributed by atoms with Gasteiger partial charge in [-0.15, -0.1) is 0 Å². The zero-order chi connectivity index (χ0) is 19.1. The maximum absolute atomic E-state index is 13.5. The van der Waals surface area contributed by atoms with Crippen LogP contribution in [0.5, 0.6) is 0 Å². The third-order valence-electron chi connectivity index (χ3n) is 6.33. The molecule has 2 aliphatic heterocycles. The first-order chi connectivity index (χ1) is 13.7. The first-order valence-electron chi connectivity index (χ1n) is 9.78. The first kappa shape index (κ1) is 18.1. The number of carbonyl (C=O) groups is 1. The maximum Gasteiger partial charge on any atom is 0.233 e. The van der Waals surface area contributed by atoms with E-state index < -0.39 is 5.41 Å². The van der Waals surface area contributed by atoms with Crippen molar-refractivity contribution in [3.8, 4) is 0 Å². The van der Waals surface area contributed by atoms with Crippen LogP contribution in [0.2, 0.25) is 5.02 Å². The van der Waals surface area contributed by atoms with E-state index in [9.17, 15) is 4.79 Å². The first-order valence-corrected chi connectivity index (χ1v) is 10.2.